The van der Waals surface area contributed by atoms with Gasteiger partial charge in [-0.2, -0.15) is 0 Å². The average molecular weight is 279 g/mol. The average Bonchev–Trinajstić information content (AvgIpc) is 2.53. The fourth-order valence-electron chi connectivity index (χ4n) is 2.45. The number of benzene rings is 1. The van der Waals surface area contributed by atoms with E-state index < -0.39 is 6.10 Å². The Hall–Kier alpha value is -1.59. The molecule has 5 heteroatoms. The predicted octanol–water partition coefficient (Wildman–Crippen LogP) is 1.39. The molecule has 1 heterocycles. The number of carbonyl (C=O) groups excluding carboxylic acids is 1. The summed E-state index contributed by atoms with van der Waals surface area (Å²) in [6, 6.07) is 9.52. The molecule has 1 aromatic carbocycles. The lowest BCUT2D eigenvalue weighted by molar-refractivity contribution is 0.00920. The summed E-state index contributed by atoms with van der Waals surface area (Å²) in [5.41, 5.74) is 0.949. The van der Waals surface area contributed by atoms with E-state index in [2.05, 4.69) is 0 Å². The summed E-state index contributed by atoms with van der Waals surface area (Å²) in [6.07, 6.45) is 0.523. The van der Waals surface area contributed by atoms with E-state index in [0.717, 1.165) is 18.4 Å². The van der Waals surface area contributed by atoms with E-state index in [1.165, 1.54) is 0 Å². The van der Waals surface area contributed by atoms with E-state index in [9.17, 15) is 9.90 Å². The van der Waals surface area contributed by atoms with Crippen molar-refractivity contribution in [3.8, 4) is 0 Å². The normalized spacial score (nSPS) is 20.5. The topological polar surface area (TPSA) is 70.0 Å². The Morgan fingerprint density at radius 3 is 2.85 bits per heavy atom. The number of hydrogen-bond donors (Lipinski definition) is 2. The first-order valence-electron chi connectivity index (χ1n) is 6.95. The second-order valence-corrected chi connectivity index (χ2v) is 5.14. The van der Waals surface area contributed by atoms with E-state index >= 15 is 0 Å². The molecular weight excluding hydrogens is 258 g/mol. The molecule has 0 saturated carbocycles. The van der Waals surface area contributed by atoms with Gasteiger partial charge in [0.1, 0.15) is 6.61 Å². The SMILES string of the molecule is O=C(OCc1ccccc1)N1CCCC(C(O)CO)C1. The van der Waals surface area contributed by atoms with Crippen molar-refractivity contribution < 1.29 is 19.7 Å². The molecule has 1 saturated heterocycles. The van der Waals surface area contributed by atoms with Crippen LogP contribution in [-0.4, -0.2) is 47.0 Å². The smallest absolute Gasteiger partial charge is 0.410 e. The first-order valence-corrected chi connectivity index (χ1v) is 6.95. The van der Waals surface area contributed by atoms with E-state index in [-0.39, 0.29) is 25.2 Å². The number of carbonyl (C=O) groups is 1. The minimum Gasteiger partial charge on any atom is -0.445 e. The fourth-order valence-corrected chi connectivity index (χ4v) is 2.45. The minimum atomic E-state index is -0.764. The molecule has 0 aliphatic carbocycles. The van der Waals surface area contributed by atoms with Crippen LogP contribution in [0.5, 0.6) is 0 Å². The van der Waals surface area contributed by atoms with Gasteiger partial charge < -0.3 is 19.8 Å². The number of hydrogen-bond acceptors (Lipinski definition) is 4. The highest BCUT2D eigenvalue weighted by Gasteiger charge is 2.28. The van der Waals surface area contributed by atoms with Crippen LogP contribution in [0.2, 0.25) is 0 Å². The lowest BCUT2D eigenvalue weighted by atomic mass is 9.93. The van der Waals surface area contributed by atoms with Gasteiger partial charge in [-0.3, -0.25) is 0 Å². The van der Waals surface area contributed by atoms with Crippen molar-refractivity contribution in [2.24, 2.45) is 5.92 Å². The van der Waals surface area contributed by atoms with Crippen LogP contribution in [0.3, 0.4) is 0 Å². The Kier molecular flexibility index (Phi) is 5.38. The Morgan fingerprint density at radius 2 is 2.15 bits per heavy atom. The maximum absolute atomic E-state index is 12.0. The summed E-state index contributed by atoms with van der Waals surface area (Å²) in [5, 5.41) is 18.6. The number of rotatable bonds is 4. The highest BCUT2D eigenvalue weighted by molar-refractivity contribution is 5.67. The van der Waals surface area contributed by atoms with Crippen molar-refractivity contribution in [1.82, 2.24) is 4.90 Å². The highest BCUT2D eigenvalue weighted by atomic mass is 16.6. The van der Waals surface area contributed by atoms with Crippen LogP contribution in [0.15, 0.2) is 30.3 Å². The molecule has 0 spiro atoms. The summed E-state index contributed by atoms with van der Waals surface area (Å²) < 4.78 is 5.27. The molecule has 2 unspecified atom stereocenters. The summed E-state index contributed by atoms with van der Waals surface area (Å²) in [6.45, 7) is 1.07. The van der Waals surface area contributed by atoms with Crippen LogP contribution in [0, 0.1) is 5.92 Å². The maximum Gasteiger partial charge on any atom is 0.410 e. The molecule has 0 radical (unpaired) electrons. The monoisotopic (exact) mass is 279 g/mol. The van der Waals surface area contributed by atoms with Gasteiger partial charge in [0, 0.05) is 19.0 Å². The zero-order chi connectivity index (χ0) is 14.4. The largest absolute Gasteiger partial charge is 0.445 e. The molecule has 1 fully saturated rings. The summed E-state index contributed by atoms with van der Waals surface area (Å²) >= 11 is 0. The summed E-state index contributed by atoms with van der Waals surface area (Å²) in [5.74, 6) is -0.0713. The minimum absolute atomic E-state index is 0.0713. The molecular formula is C15H21NO4. The van der Waals surface area contributed by atoms with Gasteiger partial charge in [-0.15, -0.1) is 0 Å². The molecule has 1 aliphatic rings. The van der Waals surface area contributed by atoms with Crippen LogP contribution in [0.25, 0.3) is 0 Å². The molecule has 2 atom stereocenters. The van der Waals surface area contributed by atoms with Crippen molar-refractivity contribution in [2.45, 2.75) is 25.6 Å². The zero-order valence-corrected chi connectivity index (χ0v) is 11.4. The van der Waals surface area contributed by atoms with Gasteiger partial charge in [0.15, 0.2) is 0 Å². The van der Waals surface area contributed by atoms with Crippen LogP contribution < -0.4 is 0 Å². The summed E-state index contributed by atoms with van der Waals surface area (Å²) in [4.78, 5) is 13.6. The zero-order valence-electron chi connectivity index (χ0n) is 11.4. The Bertz CT molecular complexity index is 423. The third kappa shape index (κ3) is 3.95. The molecule has 0 aromatic heterocycles. The number of likely N-dealkylation sites (tertiary alicyclic amines) is 1. The number of nitrogens with zero attached hydrogens (tertiary/aromatic N) is 1. The Balaban J connectivity index is 1.83. The number of ether oxygens (including phenoxy) is 1. The van der Waals surface area contributed by atoms with Gasteiger partial charge in [-0.05, 0) is 18.4 Å². The molecule has 1 aliphatic heterocycles. The standard InChI is InChI=1S/C15H21NO4/c17-10-14(18)13-7-4-8-16(9-13)15(19)20-11-12-5-2-1-3-6-12/h1-3,5-6,13-14,17-18H,4,7-11H2. The number of aliphatic hydroxyl groups is 2. The highest BCUT2D eigenvalue weighted by Crippen LogP contribution is 2.20. The molecule has 110 valence electrons. The predicted molar refractivity (Wildman–Crippen MR) is 74.0 cm³/mol. The van der Waals surface area contributed by atoms with Crippen LogP contribution in [0.1, 0.15) is 18.4 Å². The van der Waals surface area contributed by atoms with Crippen molar-refractivity contribution in [1.29, 1.82) is 0 Å². The second kappa shape index (κ2) is 7.26. The van der Waals surface area contributed by atoms with Crippen LogP contribution in [0.4, 0.5) is 4.79 Å². The number of aliphatic hydroxyl groups excluding tert-OH is 2. The van der Waals surface area contributed by atoms with E-state index in [1.807, 2.05) is 30.3 Å². The first-order chi connectivity index (χ1) is 9.70. The molecule has 5 nitrogen and oxygen atoms in total. The molecule has 2 N–H and O–H groups in total. The lowest BCUT2D eigenvalue weighted by Crippen LogP contribution is -2.44. The van der Waals surface area contributed by atoms with Crippen molar-refractivity contribution in [3.05, 3.63) is 35.9 Å². The van der Waals surface area contributed by atoms with Crippen molar-refractivity contribution in [3.63, 3.8) is 0 Å². The van der Waals surface area contributed by atoms with Crippen LogP contribution >= 0.6 is 0 Å². The fraction of sp³-hybridized carbons (Fsp3) is 0.533. The second-order valence-electron chi connectivity index (χ2n) is 5.14. The van der Waals surface area contributed by atoms with Gasteiger partial charge in [-0.25, -0.2) is 4.79 Å². The Morgan fingerprint density at radius 1 is 1.40 bits per heavy atom. The van der Waals surface area contributed by atoms with E-state index in [0.29, 0.717) is 13.1 Å². The van der Waals surface area contributed by atoms with Crippen molar-refractivity contribution >= 4 is 6.09 Å². The molecule has 20 heavy (non-hydrogen) atoms. The lowest BCUT2D eigenvalue weighted by Gasteiger charge is -2.33. The third-order valence-electron chi connectivity index (χ3n) is 3.65. The quantitative estimate of drug-likeness (QED) is 0.874. The molecule has 1 amide bonds. The van der Waals surface area contributed by atoms with Gasteiger partial charge in [-0.1, -0.05) is 30.3 Å². The number of piperidine rings is 1. The molecule has 1 aromatic rings. The van der Waals surface area contributed by atoms with E-state index in [1.54, 1.807) is 4.90 Å². The van der Waals surface area contributed by atoms with Crippen molar-refractivity contribution in [2.75, 3.05) is 19.7 Å². The Labute approximate surface area is 118 Å². The third-order valence-corrected chi connectivity index (χ3v) is 3.65. The maximum atomic E-state index is 12.0. The van der Waals surface area contributed by atoms with Gasteiger partial charge in [0.25, 0.3) is 0 Å². The number of amides is 1. The first kappa shape index (κ1) is 14.8. The molecule has 2 rings (SSSR count). The summed E-state index contributed by atoms with van der Waals surface area (Å²) in [7, 11) is 0. The molecule has 0 bridgehead atoms. The van der Waals surface area contributed by atoms with E-state index in [4.69, 9.17) is 9.84 Å². The van der Waals surface area contributed by atoms with Crippen LogP contribution in [-0.2, 0) is 11.3 Å². The van der Waals surface area contributed by atoms with Gasteiger partial charge in [0.05, 0.1) is 12.7 Å². The van der Waals surface area contributed by atoms with Gasteiger partial charge in [0.2, 0.25) is 0 Å². The van der Waals surface area contributed by atoms with Gasteiger partial charge >= 0.3 is 6.09 Å².